The van der Waals surface area contributed by atoms with Gasteiger partial charge in [0.05, 0.1) is 11.4 Å². The Morgan fingerprint density at radius 2 is 1.94 bits per heavy atom. The van der Waals surface area contributed by atoms with Gasteiger partial charge in [0.1, 0.15) is 23.8 Å². The number of ether oxygens (including phenoxy) is 2. The number of rotatable bonds is 5. The summed E-state index contributed by atoms with van der Waals surface area (Å²) in [5.41, 5.74) is 0.985. The van der Waals surface area contributed by atoms with E-state index >= 15 is 0 Å². The Kier molecular flexibility index (Phi) is 5.56. The molecule has 0 spiro atoms. The largest absolute Gasteiger partial charge is 0.479 e. The molecule has 3 aromatic heterocycles. The van der Waals surface area contributed by atoms with E-state index in [1.165, 1.54) is 25.4 Å². The van der Waals surface area contributed by atoms with Crippen molar-refractivity contribution < 1.29 is 23.0 Å². The van der Waals surface area contributed by atoms with Gasteiger partial charge in [-0.3, -0.25) is 4.79 Å². The third-order valence-corrected chi connectivity index (χ3v) is 4.56. The van der Waals surface area contributed by atoms with Crippen molar-refractivity contribution in [3.8, 4) is 22.9 Å². The van der Waals surface area contributed by atoms with E-state index < -0.39 is 17.3 Å². The van der Waals surface area contributed by atoms with Gasteiger partial charge in [-0.05, 0) is 32.0 Å². The van der Waals surface area contributed by atoms with E-state index in [-0.39, 0.29) is 17.5 Å². The van der Waals surface area contributed by atoms with Gasteiger partial charge >= 0.3 is 5.92 Å². The second-order valence-electron chi connectivity index (χ2n) is 8.23. The lowest BCUT2D eigenvalue weighted by Gasteiger charge is -2.31. The minimum Gasteiger partial charge on any atom is -0.479 e. The maximum atomic E-state index is 13.7. The van der Waals surface area contributed by atoms with Crippen molar-refractivity contribution in [2.45, 2.75) is 39.2 Å². The molecule has 0 fully saturated rings. The molecule has 9 nitrogen and oxygen atoms in total. The van der Waals surface area contributed by atoms with Crippen molar-refractivity contribution in [1.29, 1.82) is 0 Å². The van der Waals surface area contributed by atoms with Crippen LogP contribution in [0.3, 0.4) is 0 Å². The second-order valence-corrected chi connectivity index (χ2v) is 8.23. The summed E-state index contributed by atoms with van der Waals surface area (Å²) in [4.78, 5) is 27.8. The molecule has 4 rings (SSSR count). The number of nitrogens with one attached hydrogen (secondary N) is 2. The molecule has 0 atom stereocenters. The molecular weight excluding hydrogens is 434 g/mol. The second kappa shape index (κ2) is 8.23. The minimum absolute atomic E-state index is 0.141. The number of amides is 1. The molecule has 2 N–H and O–H groups in total. The van der Waals surface area contributed by atoms with E-state index in [1.54, 1.807) is 18.2 Å². The topological polar surface area (TPSA) is 111 Å². The lowest BCUT2D eigenvalue weighted by molar-refractivity contribution is -0.114. The van der Waals surface area contributed by atoms with Crippen LogP contribution in [0, 0.1) is 0 Å². The normalized spacial score (nSPS) is 14.5. The smallest absolute Gasteiger partial charge is 0.303 e. The highest BCUT2D eigenvalue weighted by atomic mass is 19.3. The van der Waals surface area contributed by atoms with Crippen LogP contribution in [0.25, 0.3) is 11.3 Å². The van der Waals surface area contributed by atoms with Gasteiger partial charge in [-0.25, -0.2) is 19.9 Å². The Morgan fingerprint density at radius 1 is 1.15 bits per heavy atom. The maximum absolute atomic E-state index is 13.7. The highest BCUT2D eigenvalue weighted by molar-refractivity contribution is 5.89. The van der Waals surface area contributed by atoms with Crippen molar-refractivity contribution in [3.63, 3.8) is 0 Å². The van der Waals surface area contributed by atoms with Crippen molar-refractivity contribution in [2.75, 3.05) is 17.2 Å². The Morgan fingerprint density at radius 3 is 2.67 bits per heavy atom. The van der Waals surface area contributed by atoms with E-state index in [0.717, 1.165) is 6.92 Å². The van der Waals surface area contributed by atoms with Crippen LogP contribution in [0.1, 0.15) is 33.5 Å². The van der Waals surface area contributed by atoms with Crippen molar-refractivity contribution >= 4 is 23.2 Å². The fourth-order valence-electron chi connectivity index (χ4n) is 3.12. The molecule has 4 heterocycles. The fourth-order valence-corrected chi connectivity index (χ4v) is 3.12. The van der Waals surface area contributed by atoms with Gasteiger partial charge in [0, 0.05) is 37.9 Å². The van der Waals surface area contributed by atoms with Crippen molar-refractivity contribution in [3.05, 3.63) is 42.5 Å². The Balaban J connectivity index is 1.74. The highest BCUT2D eigenvalue weighted by Gasteiger charge is 2.30. The van der Waals surface area contributed by atoms with Gasteiger partial charge in [0.25, 0.3) is 5.88 Å². The van der Waals surface area contributed by atoms with E-state index in [1.807, 2.05) is 13.8 Å². The van der Waals surface area contributed by atoms with Crippen molar-refractivity contribution in [2.24, 2.45) is 0 Å². The standard InChI is InChI=1S/C22H22F2N6O3/c1-12(31)27-18-9-15(28-17-7-8-25-20(30-17)22(4,23)24)13(10-26-18)14-5-6-16-19(29-14)32-11-21(2,3)33-16/h5-10H,11H2,1-4H3,(H2,25,26,27,28,30,31). The zero-order valence-corrected chi connectivity index (χ0v) is 18.4. The van der Waals surface area contributed by atoms with E-state index in [4.69, 9.17) is 9.47 Å². The molecule has 1 aliphatic heterocycles. The third kappa shape index (κ3) is 5.13. The molecule has 0 aromatic carbocycles. The minimum atomic E-state index is -3.20. The maximum Gasteiger partial charge on any atom is 0.303 e. The quantitative estimate of drug-likeness (QED) is 0.585. The van der Waals surface area contributed by atoms with Crippen LogP contribution in [0.15, 0.2) is 36.7 Å². The first-order chi connectivity index (χ1) is 15.5. The summed E-state index contributed by atoms with van der Waals surface area (Å²) in [5, 5.41) is 5.60. The average molecular weight is 456 g/mol. The van der Waals surface area contributed by atoms with E-state index in [0.29, 0.717) is 35.2 Å². The summed E-state index contributed by atoms with van der Waals surface area (Å²) in [6.45, 7) is 6.22. The van der Waals surface area contributed by atoms with Gasteiger partial charge < -0.3 is 20.1 Å². The molecule has 0 aliphatic carbocycles. The zero-order valence-electron chi connectivity index (χ0n) is 18.4. The number of anilines is 3. The van der Waals surface area contributed by atoms with E-state index in [2.05, 4.69) is 30.6 Å². The Bertz CT molecular complexity index is 1210. The molecule has 0 saturated heterocycles. The molecule has 0 saturated carbocycles. The highest BCUT2D eigenvalue weighted by Crippen LogP contribution is 2.38. The first-order valence-corrected chi connectivity index (χ1v) is 10.1. The summed E-state index contributed by atoms with van der Waals surface area (Å²) in [7, 11) is 0. The number of halogens is 2. The van der Waals surface area contributed by atoms with Crippen LogP contribution in [-0.4, -0.2) is 38.1 Å². The first-order valence-electron chi connectivity index (χ1n) is 10.1. The number of carbonyl (C=O) groups is 1. The van der Waals surface area contributed by atoms with Crippen LogP contribution in [-0.2, 0) is 10.7 Å². The number of nitrogens with zero attached hydrogens (tertiary/aromatic N) is 4. The van der Waals surface area contributed by atoms with Crippen LogP contribution in [0.2, 0.25) is 0 Å². The number of hydrogen-bond acceptors (Lipinski definition) is 8. The Hall–Kier alpha value is -3.89. The lowest BCUT2D eigenvalue weighted by atomic mass is 10.1. The molecule has 1 aliphatic rings. The van der Waals surface area contributed by atoms with Gasteiger partial charge in [-0.1, -0.05) is 0 Å². The number of aromatic nitrogens is 4. The monoisotopic (exact) mass is 456 g/mol. The molecule has 3 aromatic rings. The molecule has 11 heteroatoms. The van der Waals surface area contributed by atoms with E-state index in [9.17, 15) is 13.6 Å². The molecule has 0 unspecified atom stereocenters. The molecule has 172 valence electrons. The van der Waals surface area contributed by atoms with Crippen molar-refractivity contribution in [1.82, 2.24) is 19.9 Å². The number of alkyl halides is 2. The SMILES string of the molecule is CC(=O)Nc1cc(Nc2ccnc(C(C)(F)F)n2)c(-c2ccc3c(n2)OCC(C)(C)O3)cn1. The summed E-state index contributed by atoms with van der Waals surface area (Å²) < 4.78 is 39.0. The molecule has 33 heavy (non-hydrogen) atoms. The summed E-state index contributed by atoms with van der Waals surface area (Å²) in [5.74, 6) is -2.88. The van der Waals surface area contributed by atoms with Crippen LogP contribution >= 0.6 is 0 Å². The summed E-state index contributed by atoms with van der Waals surface area (Å²) >= 11 is 0. The zero-order chi connectivity index (χ0) is 23.8. The number of carbonyl (C=O) groups excluding carboxylic acids is 1. The van der Waals surface area contributed by atoms with Crippen LogP contribution in [0.5, 0.6) is 11.6 Å². The predicted molar refractivity (Wildman–Crippen MR) is 117 cm³/mol. The fraction of sp³-hybridized carbons (Fsp3) is 0.318. The predicted octanol–water partition coefficient (Wildman–Crippen LogP) is 4.30. The third-order valence-electron chi connectivity index (χ3n) is 4.56. The average Bonchev–Trinajstić information content (AvgIpc) is 2.72. The van der Waals surface area contributed by atoms with Gasteiger partial charge in [0.15, 0.2) is 5.75 Å². The first kappa shape index (κ1) is 22.3. The number of pyridine rings is 2. The lowest BCUT2D eigenvalue weighted by Crippen LogP contribution is -2.39. The summed E-state index contributed by atoms with van der Waals surface area (Å²) in [6, 6.07) is 6.49. The summed E-state index contributed by atoms with van der Waals surface area (Å²) in [6.07, 6.45) is 2.74. The Labute approximate surface area is 188 Å². The van der Waals surface area contributed by atoms with Crippen LogP contribution in [0.4, 0.5) is 26.1 Å². The number of hydrogen-bond donors (Lipinski definition) is 2. The molecule has 0 radical (unpaired) electrons. The van der Waals surface area contributed by atoms with Gasteiger partial charge in [0.2, 0.25) is 11.7 Å². The number of fused-ring (bicyclic) bond motifs is 1. The molecule has 1 amide bonds. The van der Waals surface area contributed by atoms with Gasteiger partial charge in [-0.15, -0.1) is 0 Å². The molecular formula is C22H22F2N6O3. The van der Waals surface area contributed by atoms with Gasteiger partial charge in [-0.2, -0.15) is 8.78 Å². The molecule has 0 bridgehead atoms. The van der Waals surface area contributed by atoms with Crippen LogP contribution < -0.4 is 20.1 Å².